The summed E-state index contributed by atoms with van der Waals surface area (Å²) in [5.74, 6) is -0.287. The molecule has 1 aliphatic heterocycles. The Hall–Kier alpha value is -1.14. The summed E-state index contributed by atoms with van der Waals surface area (Å²) >= 11 is 1.48. The number of carbonyl (C=O) groups is 1. The van der Waals surface area contributed by atoms with Crippen LogP contribution in [0.2, 0.25) is 0 Å². The summed E-state index contributed by atoms with van der Waals surface area (Å²) in [6.07, 6.45) is 2.64. The lowest BCUT2D eigenvalue weighted by atomic mass is 9.90. The van der Waals surface area contributed by atoms with Crippen LogP contribution in [0.5, 0.6) is 0 Å². The van der Waals surface area contributed by atoms with Crippen LogP contribution in [-0.2, 0) is 10.2 Å². The van der Waals surface area contributed by atoms with Gasteiger partial charge in [0.2, 0.25) is 0 Å². The van der Waals surface area contributed by atoms with Crippen LogP contribution in [-0.4, -0.2) is 47.1 Å². The van der Waals surface area contributed by atoms with Gasteiger partial charge in [0.15, 0.2) is 5.13 Å². The Kier molecular flexibility index (Phi) is 5.22. The van der Waals surface area contributed by atoms with E-state index in [4.69, 9.17) is 0 Å². The molecule has 0 radical (unpaired) electrons. The van der Waals surface area contributed by atoms with Crippen LogP contribution in [0.3, 0.4) is 0 Å². The van der Waals surface area contributed by atoms with E-state index in [1.807, 2.05) is 5.38 Å². The van der Waals surface area contributed by atoms with Crippen molar-refractivity contribution in [3.05, 3.63) is 11.1 Å². The van der Waals surface area contributed by atoms with E-state index in [1.165, 1.54) is 37.3 Å². The third kappa shape index (κ3) is 4.17. The van der Waals surface area contributed by atoms with Gasteiger partial charge in [0, 0.05) is 18.5 Å². The molecule has 1 atom stereocenters. The number of rotatable bonds is 7. The van der Waals surface area contributed by atoms with Crippen LogP contribution < -0.4 is 5.32 Å². The number of thiazole rings is 1. The van der Waals surface area contributed by atoms with E-state index in [1.54, 1.807) is 13.8 Å². The van der Waals surface area contributed by atoms with Crippen LogP contribution in [0, 0.1) is 5.92 Å². The molecule has 1 aliphatic rings. The first-order valence-electron chi connectivity index (χ1n) is 7.55. The van der Waals surface area contributed by atoms with E-state index < -0.39 is 11.4 Å². The highest BCUT2D eigenvalue weighted by atomic mass is 32.1. The standard InChI is InChI=1S/C15H25N3O2S/c1-11(9-18-6-4-5-7-18)8-16-14-17-12(10-21-14)15(2,3)13(19)20/h10-11H,4-9H2,1-3H3,(H,16,17)(H,19,20). The van der Waals surface area contributed by atoms with Crippen LogP contribution in [0.1, 0.15) is 39.3 Å². The maximum atomic E-state index is 11.2. The first kappa shape index (κ1) is 16.2. The number of anilines is 1. The Labute approximate surface area is 130 Å². The van der Waals surface area contributed by atoms with E-state index >= 15 is 0 Å². The van der Waals surface area contributed by atoms with E-state index in [9.17, 15) is 9.90 Å². The molecular formula is C15H25N3O2S. The molecule has 0 saturated carbocycles. The zero-order valence-electron chi connectivity index (χ0n) is 13.1. The minimum Gasteiger partial charge on any atom is -0.481 e. The second kappa shape index (κ2) is 6.75. The minimum absolute atomic E-state index is 0.558. The van der Waals surface area contributed by atoms with E-state index in [2.05, 4.69) is 22.1 Å². The number of carboxylic acids is 1. The highest BCUT2D eigenvalue weighted by Crippen LogP contribution is 2.27. The van der Waals surface area contributed by atoms with Gasteiger partial charge in [-0.15, -0.1) is 11.3 Å². The van der Waals surface area contributed by atoms with Crippen molar-refractivity contribution in [3.63, 3.8) is 0 Å². The summed E-state index contributed by atoms with van der Waals surface area (Å²) in [5, 5.41) is 15.2. The van der Waals surface area contributed by atoms with Gasteiger partial charge in [0.05, 0.1) is 5.69 Å². The van der Waals surface area contributed by atoms with Gasteiger partial charge >= 0.3 is 5.97 Å². The summed E-state index contributed by atoms with van der Waals surface area (Å²) in [5.41, 5.74) is -0.313. The van der Waals surface area contributed by atoms with Crippen molar-refractivity contribution in [2.24, 2.45) is 5.92 Å². The molecule has 21 heavy (non-hydrogen) atoms. The molecule has 2 heterocycles. The highest BCUT2D eigenvalue weighted by molar-refractivity contribution is 7.13. The summed E-state index contributed by atoms with van der Waals surface area (Å²) < 4.78 is 0. The van der Waals surface area contributed by atoms with Crippen molar-refractivity contribution in [2.45, 2.75) is 39.0 Å². The molecule has 2 N–H and O–H groups in total. The molecule has 6 heteroatoms. The highest BCUT2D eigenvalue weighted by Gasteiger charge is 2.32. The number of hydrogen-bond donors (Lipinski definition) is 2. The number of carboxylic acid groups (broad SMARTS) is 1. The number of nitrogens with zero attached hydrogens (tertiary/aromatic N) is 2. The van der Waals surface area contributed by atoms with Crippen molar-refractivity contribution >= 4 is 22.4 Å². The number of aromatic nitrogens is 1. The molecule has 1 aromatic heterocycles. The molecule has 5 nitrogen and oxygen atoms in total. The van der Waals surface area contributed by atoms with Crippen molar-refractivity contribution < 1.29 is 9.90 Å². The largest absolute Gasteiger partial charge is 0.481 e. The molecule has 1 fully saturated rings. The molecule has 1 unspecified atom stereocenters. The Morgan fingerprint density at radius 1 is 1.52 bits per heavy atom. The molecule has 0 aliphatic carbocycles. The first-order valence-corrected chi connectivity index (χ1v) is 8.43. The van der Waals surface area contributed by atoms with Crippen molar-refractivity contribution in [1.82, 2.24) is 9.88 Å². The molecule has 0 spiro atoms. The molecule has 0 amide bonds. The third-order valence-corrected chi connectivity index (χ3v) is 4.85. The van der Waals surface area contributed by atoms with Gasteiger partial charge in [-0.2, -0.15) is 0 Å². The molecule has 1 aromatic rings. The SMILES string of the molecule is CC(CNc1nc(C(C)(C)C(=O)O)cs1)CN1CCCC1. The van der Waals surface area contributed by atoms with Crippen molar-refractivity contribution in [2.75, 3.05) is 31.5 Å². The van der Waals surface area contributed by atoms with Gasteiger partial charge in [-0.25, -0.2) is 4.98 Å². The van der Waals surface area contributed by atoms with E-state index in [0.29, 0.717) is 11.6 Å². The molecule has 118 valence electrons. The Morgan fingerprint density at radius 3 is 2.81 bits per heavy atom. The smallest absolute Gasteiger partial charge is 0.315 e. The first-order chi connectivity index (χ1) is 9.89. The second-order valence-corrected chi connectivity index (χ2v) is 7.32. The van der Waals surface area contributed by atoms with Gasteiger partial charge in [-0.05, 0) is 45.7 Å². The number of aliphatic carboxylic acids is 1. The van der Waals surface area contributed by atoms with Crippen molar-refractivity contribution in [1.29, 1.82) is 0 Å². The summed E-state index contributed by atoms with van der Waals surface area (Å²) in [6.45, 7) is 10.0. The summed E-state index contributed by atoms with van der Waals surface area (Å²) in [7, 11) is 0. The van der Waals surface area contributed by atoms with Gasteiger partial charge < -0.3 is 15.3 Å². The second-order valence-electron chi connectivity index (χ2n) is 6.46. The van der Waals surface area contributed by atoms with Gasteiger partial charge in [-0.1, -0.05) is 6.92 Å². The number of hydrogen-bond acceptors (Lipinski definition) is 5. The molecular weight excluding hydrogens is 286 g/mol. The van der Waals surface area contributed by atoms with E-state index in [-0.39, 0.29) is 0 Å². The number of likely N-dealkylation sites (tertiary alicyclic amines) is 1. The van der Waals surface area contributed by atoms with Crippen LogP contribution in [0.25, 0.3) is 0 Å². The Balaban J connectivity index is 1.83. The fourth-order valence-corrected chi connectivity index (χ4v) is 3.37. The summed E-state index contributed by atoms with van der Waals surface area (Å²) in [4.78, 5) is 18.2. The monoisotopic (exact) mass is 311 g/mol. The van der Waals surface area contributed by atoms with Gasteiger partial charge in [-0.3, -0.25) is 4.79 Å². The predicted octanol–water partition coefficient (Wildman–Crippen LogP) is 2.65. The molecule has 0 bridgehead atoms. The predicted molar refractivity (Wildman–Crippen MR) is 86.1 cm³/mol. The summed E-state index contributed by atoms with van der Waals surface area (Å²) in [6, 6.07) is 0. The lowest BCUT2D eigenvalue weighted by molar-refractivity contribution is -0.142. The van der Waals surface area contributed by atoms with E-state index in [0.717, 1.165) is 18.2 Å². The minimum atomic E-state index is -0.933. The molecule has 2 rings (SSSR count). The van der Waals surface area contributed by atoms with Gasteiger partial charge in [0.25, 0.3) is 0 Å². The quantitative estimate of drug-likeness (QED) is 0.810. The molecule has 1 saturated heterocycles. The average Bonchev–Trinajstić information content (AvgIpc) is 3.07. The zero-order chi connectivity index (χ0) is 15.5. The average molecular weight is 311 g/mol. The maximum Gasteiger partial charge on any atom is 0.315 e. The van der Waals surface area contributed by atoms with Crippen LogP contribution >= 0.6 is 11.3 Å². The van der Waals surface area contributed by atoms with Crippen LogP contribution in [0.4, 0.5) is 5.13 Å². The topological polar surface area (TPSA) is 65.5 Å². The van der Waals surface area contributed by atoms with Gasteiger partial charge in [0.1, 0.15) is 5.41 Å². The fraction of sp³-hybridized carbons (Fsp3) is 0.733. The molecule has 0 aromatic carbocycles. The lowest BCUT2D eigenvalue weighted by Crippen LogP contribution is -2.29. The van der Waals surface area contributed by atoms with Crippen LogP contribution in [0.15, 0.2) is 5.38 Å². The fourth-order valence-electron chi connectivity index (χ4n) is 2.48. The van der Waals surface area contributed by atoms with Crippen molar-refractivity contribution in [3.8, 4) is 0 Å². The lowest BCUT2D eigenvalue weighted by Gasteiger charge is -2.20. The maximum absolute atomic E-state index is 11.2. The Bertz CT molecular complexity index is 481. The zero-order valence-corrected chi connectivity index (χ0v) is 13.9. The number of nitrogens with one attached hydrogen (secondary N) is 1. The third-order valence-electron chi connectivity index (χ3n) is 4.05. The normalized spacial score (nSPS) is 17.9. The Morgan fingerprint density at radius 2 is 2.19 bits per heavy atom.